The second-order valence-electron chi connectivity index (χ2n) is 4.95. The molecule has 0 aromatic carbocycles. The molecule has 6 nitrogen and oxygen atoms in total. The van der Waals surface area contributed by atoms with E-state index in [1.807, 2.05) is 0 Å². The molecular weight excluding hydrogens is 270 g/mol. The first kappa shape index (κ1) is 8.36. The summed E-state index contributed by atoms with van der Waals surface area (Å²) in [7, 11) is 1.32. The fourth-order valence-electron chi connectivity index (χ4n) is 2.38. The number of aromatic nitrogens is 3. The average molecular weight is 298 g/mol. The topological polar surface area (TPSA) is 66.0 Å². The van der Waals surface area contributed by atoms with Crippen molar-refractivity contribution < 1.29 is 14.4 Å². The maximum Gasteiger partial charge on any atom is 0.332 e. The predicted molar refractivity (Wildman–Crippen MR) is 81.7 cm³/mol. The molecule has 114 valence electrons. The zero-order valence-corrected chi connectivity index (χ0v) is 11.9. The van der Waals surface area contributed by atoms with Gasteiger partial charge in [-0.2, -0.15) is 0 Å². The van der Waals surface area contributed by atoms with Gasteiger partial charge in [0, 0.05) is 41.4 Å². The van der Waals surface area contributed by atoms with Crippen LogP contribution in [0.25, 0.3) is 11.0 Å². The normalized spacial score (nSPS) is 17.3. The van der Waals surface area contributed by atoms with Gasteiger partial charge in [-0.25, -0.2) is 4.79 Å². The Bertz CT molecular complexity index is 1040. The number of fused-ring (bicyclic) bond motifs is 1. The minimum Gasteiger partial charge on any atom is -0.336 e. The van der Waals surface area contributed by atoms with Crippen molar-refractivity contribution in [1.29, 1.82) is 0 Å². The van der Waals surface area contributed by atoms with Gasteiger partial charge in [0.1, 0.15) is 11.4 Å². The highest BCUT2D eigenvalue weighted by Crippen LogP contribution is 2.13. The van der Waals surface area contributed by atoms with Crippen LogP contribution < -0.4 is 11.2 Å². The number of rotatable bonds is 5. The molecule has 0 bridgehead atoms. The summed E-state index contributed by atoms with van der Waals surface area (Å²) in [5.74, 6) is -0.882. The zero-order valence-electron chi connectivity index (χ0n) is 18.9. The molecule has 2 rings (SSSR count). The van der Waals surface area contributed by atoms with E-state index in [-0.39, 0.29) is 48.6 Å². The molecular formula is C15H21N3O3. The van der Waals surface area contributed by atoms with Crippen molar-refractivity contribution in [2.45, 2.75) is 39.6 Å². The molecule has 2 aromatic heterocycles. The summed E-state index contributed by atoms with van der Waals surface area (Å²) < 4.78 is 54.5. The molecule has 0 spiro atoms. The summed E-state index contributed by atoms with van der Waals surface area (Å²) in [5.41, 5.74) is -1.46. The van der Waals surface area contributed by atoms with Crippen molar-refractivity contribution in [1.82, 2.24) is 13.7 Å². The molecule has 2 aromatic rings. The van der Waals surface area contributed by atoms with E-state index in [1.165, 1.54) is 14.0 Å². The summed E-state index contributed by atoms with van der Waals surface area (Å²) in [4.78, 5) is 36.9. The summed E-state index contributed by atoms with van der Waals surface area (Å²) in [6.45, 7) is -4.02. The number of ketones is 1. The highest BCUT2D eigenvalue weighted by Gasteiger charge is 2.15. The molecule has 0 radical (unpaired) electrons. The van der Waals surface area contributed by atoms with E-state index in [0.29, 0.717) is 4.57 Å². The lowest BCUT2D eigenvalue weighted by Crippen LogP contribution is -2.39. The van der Waals surface area contributed by atoms with Gasteiger partial charge < -0.3 is 9.36 Å². The molecule has 0 atom stereocenters. The molecule has 0 unspecified atom stereocenters. The Morgan fingerprint density at radius 1 is 1.38 bits per heavy atom. The van der Waals surface area contributed by atoms with Crippen molar-refractivity contribution in [3.63, 3.8) is 0 Å². The molecule has 0 saturated carbocycles. The molecule has 0 fully saturated rings. The van der Waals surface area contributed by atoms with Gasteiger partial charge in [0.15, 0.2) is 0 Å². The minimum absolute atomic E-state index is 0.0261. The lowest BCUT2D eigenvalue weighted by Gasteiger charge is -2.09. The van der Waals surface area contributed by atoms with Gasteiger partial charge in [-0.15, -0.1) is 0 Å². The predicted octanol–water partition coefficient (Wildman–Crippen LogP) is 1.11. The van der Waals surface area contributed by atoms with Crippen LogP contribution in [0.15, 0.2) is 15.8 Å². The Morgan fingerprint density at radius 2 is 2.14 bits per heavy atom. The molecule has 0 aliphatic heterocycles. The highest BCUT2D eigenvalue weighted by atomic mass is 16.2. The summed E-state index contributed by atoms with van der Waals surface area (Å²) in [5, 5.41) is -0.0261. The second kappa shape index (κ2) is 5.71. The monoisotopic (exact) mass is 298 g/mol. The van der Waals surface area contributed by atoms with Crippen LogP contribution in [0, 0.1) is 6.92 Å². The lowest BCUT2D eigenvalue weighted by molar-refractivity contribution is -0.117. The number of hydrogen-bond acceptors (Lipinski definition) is 3. The maximum absolute atomic E-state index is 12.8. The van der Waals surface area contributed by atoms with Crippen LogP contribution in [0.3, 0.4) is 0 Å². The minimum atomic E-state index is -2.73. The first-order valence-corrected chi connectivity index (χ1v) is 6.54. The molecule has 0 N–H and O–H groups in total. The average Bonchev–Trinajstić information content (AvgIpc) is 2.83. The van der Waals surface area contributed by atoms with Crippen LogP contribution in [0.5, 0.6) is 0 Å². The van der Waals surface area contributed by atoms with Crippen LogP contribution in [0.2, 0.25) is 0 Å². The molecule has 0 amide bonds. The number of hydrogen-bond donors (Lipinski definition) is 0. The Balaban J connectivity index is 2.46. The number of carbonyl (C=O) groups is 1. The fraction of sp³-hybridized carbons (Fsp3) is 0.533. The highest BCUT2D eigenvalue weighted by molar-refractivity contribution is 5.79. The van der Waals surface area contributed by atoms with Gasteiger partial charge in [-0.3, -0.25) is 13.9 Å². The number of carbonyl (C=O) groups excluding carboxylic acids is 1. The number of Topliss-reactive ketones (excluding diaryl/α,β-unsaturated/α-hetero) is 1. The van der Waals surface area contributed by atoms with E-state index in [1.54, 1.807) is 0 Å². The van der Waals surface area contributed by atoms with Crippen LogP contribution >= 0.6 is 0 Å². The van der Waals surface area contributed by atoms with E-state index in [0.717, 1.165) is 9.13 Å². The smallest absolute Gasteiger partial charge is 0.332 e. The third-order valence-electron chi connectivity index (χ3n) is 3.42. The van der Waals surface area contributed by atoms with E-state index >= 15 is 0 Å². The van der Waals surface area contributed by atoms with Gasteiger partial charge in [-0.05, 0) is 32.2 Å². The number of aryl methyl sites for hydroxylation is 3. The van der Waals surface area contributed by atoms with Crippen LogP contribution in [0.1, 0.15) is 41.3 Å². The Hall–Kier alpha value is -2.11. The van der Waals surface area contributed by atoms with Gasteiger partial charge in [0.2, 0.25) is 0 Å². The summed E-state index contributed by atoms with van der Waals surface area (Å²) in [6.07, 6.45) is -0.166. The third-order valence-corrected chi connectivity index (χ3v) is 3.42. The Kier molecular flexibility index (Phi) is 2.27. The van der Waals surface area contributed by atoms with Crippen molar-refractivity contribution >= 4 is 16.8 Å². The molecule has 0 saturated heterocycles. The van der Waals surface area contributed by atoms with Gasteiger partial charge in [0.25, 0.3) is 5.56 Å². The fourth-order valence-corrected chi connectivity index (χ4v) is 2.38. The molecule has 2 heterocycles. The first-order valence-electron chi connectivity index (χ1n) is 10.0. The van der Waals surface area contributed by atoms with E-state index < -0.39 is 30.9 Å². The van der Waals surface area contributed by atoms with Crippen molar-refractivity contribution in [3.8, 4) is 0 Å². The Morgan fingerprint density at radius 3 is 2.81 bits per heavy atom. The number of unbranched alkanes of at least 4 members (excludes halogenated alkanes) is 1. The van der Waals surface area contributed by atoms with Crippen molar-refractivity contribution in [2.75, 3.05) is 0 Å². The van der Waals surface area contributed by atoms with Crippen LogP contribution in [-0.2, 0) is 25.4 Å². The van der Waals surface area contributed by atoms with Crippen molar-refractivity contribution in [3.05, 3.63) is 32.6 Å². The van der Waals surface area contributed by atoms with Crippen molar-refractivity contribution in [2.24, 2.45) is 14.0 Å². The summed E-state index contributed by atoms with van der Waals surface area (Å²) in [6, 6.07) is 0. The lowest BCUT2D eigenvalue weighted by atomic mass is 10.2. The molecule has 6 heteroatoms. The van der Waals surface area contributed by atoms with E-state index in [2.05, 4.69) is 0 Å². The quantitative estimate of drug-likeness (QED) is 0.777. The number of nitrogens with zero attached hydrogens (tertiary/aromatic N) is 3. The summed E-state index contributed by atoms with van der Waals surface area (Å²) >= 11 is 0. The van der Waals surface area contributed by atoms with E-state index in [9.17, 15) is 14.4 Å². The second-order valence-corrected chi connectivity index (χ2v) is 4.95. The zero-order chi connectivity index (χ0) is 21.6. The molecule has 21 heavy (non-hydrogen) atoms. The SMILES string of the molecule is [2H]c1c(C)c2c(=O)n(CCCCC(=O)C([2H])([2H])[2H])c(=O)n(C)c2n1C([2H])([2H])[2H]. The Labute approximate surface area is 132 Å². The third kappa shape index (κ3) is 2.70. The molecule has 0 aliphatic rings. The van der Waals surface area contributed by atoms with Crippen LogP contribution in [-0.4, -0.2) is 19.5 Å². The van der Waals surface area contributed by atoms with Gasteiger partial charge in [-0.1, -0.05) is 0 Å². The van der Waals surface area contributed by atoms with Crippen LogP contribution in [0.4, 0.5) is 0 Å². The van der Waals surface area contributed by atoms with E-state index in [4.69, 9.17) is 9.60 Å². The van der Waals surface area contributed by atoms with Gasteiger partial charge in [0.05, 0.1) is 6.76 Å². The largest absolute Gasteiger partial charge is 0.336 e. The maximum atomic E-state index is 12.8. The molecule has 0 aliphatic carbocycles. The standard InChI is InChI=1S/C15H21N3O3/c1-10-9-16(3)13-12(10)14(20)18(15(21)17(13)4)8-6-5-7-11(2)19/h9H,5-8H2,1-4H3/i2D3,3D3,9D. The first-order chi connectivity index (χ1) is 12.7. The van der Waals surface area contributed by atoms with Gasteiger partial charge >= 0.3 is 5.69 Å².